The van der Waals surface area contributed by atoms with Crippen LogP contribution in [0.15, 0.2) is 30.6 Å². The zero-order valence-corrected chi connectivity index (χ0v) is 8.35. The van der Waals surface area contributed by atoms with Crippen molar-refractivity contribution in [1.29, 1.82) is 0 Å². The van der Waals surface area contributed by atoms with Gasteiger partial charge >= 0.3 is 0 Å². The number of unbranched alkanes of at least 4 members (excludes halogenated alkanes) is 1. The van der Waals surface area contributed by atoms with E-state index in [2.05, 4.69) is 36.0 Å². The van der Waals surface area contributed by atoms with Crippen molar-refractivity contribution in [2.45, 2.75) is 26.3 Å². The minimum absolute atomic E-state index is 0. The summed E-state index contributed by atoms with van der Waals surface area (Å²) in [7, 11) is 0. The zero-order chi connectivity index (χ0) is 7.23. The third-order valence-corrected chi connectivity index (χ3v) is 1.55. The van der Waals surface area contributed by atoms with Gasteiger partial charge in [0.2, 0.25) is 0 Å². The maximum Gasteiger partial charge on any atom is 0.168 e. The van der Waals surface area contributed by atoms with Crippen molar-refractivity contribution in [2.75, 3.05) is 0 Å². The molecule has 0 amide bonds. The third kappa shape index (κ3) is 7.39. The van der Waals surface area contributed by atoms with Crippen molar-refractivity contribution in [3.8, 4) is 0 Å². The lowest BCUT2D eigenvalue weighted by Crippen LogP contribution is -2.31. The molecule has 0 aliphatic heterocycles. The van der Waals surface area contributed by atoms with Crippen molar-refractivity contribution in [3.05, 3.63) is 30.6 Å². The molecule has 0 unspecified atom stereocenters. The summed E-state index contributed by atoms with van der Waals surface area (Å²) in [6.07, 6.45) is 6.75. The Kier molecular flexibility index (Phi) is 15.2. The zero-order valence-electron chi connectivity index (χ0n) is 8.35. The van der Waals surface area contributed by atoms with Gasteiger partial charge < -0.3 is 17.1 Å². The third-order valence-electron chi connectivity index (χ3n) is 1.55. The summed E-state index contributed by atoms with van der Waals surface area (Å²) in [5.41, 5.74) is 0. The van der Waals surface area contributed by atoms with Gasteiger partial charge in [0.25, 0.3) is 0 Å². The molecule has 0 fully saturated rings. The molecule has 0 saturated carbocycles. The van der Waals surface area contributed by atoms with Crippen LogP contribution in [-0.4, -0.2) is 11.0 Å². The van der Waals surface area contributed by atoms with Crippen LogP contribution in [0, 0.1) is 0 Å². The van der Waals surface area contributed by atoms with Gasteiger partial charge in [0.05, 0.1) is 0 Å². The Hall–Kier alpha value is -0.970. The van der Waals surface area contributed by atoms with Crippen molar-refractivity contribution < 1.29 is 15.5 Å². The molecule has 0 radical (unpaired) electrons. The van der Waals surface area contributed by atoms with Gasteiger partial charge in [-0.1, -0.05) is 19.4 Å². The minimum Gasteiger partial charge on any atom is -0.870 e. The predicted molar refractivity (Wildman–Crippen MR) is 51.4 cm³/mol. The molecule has 0 saturated heterocycles. The molecule has 1 heterocycles. The maximum atomic E-state index is 2.21. The molecule has 0 spiro atoms. The first kappa shape index (κ1) is 17.9. The van der Waals surface area contributed by atoms with E-state index in [1.807, 2.05) is 6.07 Å². The molecule has 0 aliphatic rings. The van der Waals surface area contributed by atoms with Crippen LogP contribution in [0.3, 0.4) is 0 Å². The van der Waals surface area contributed by atoms with E-state index >= 15 is 0 Å². The number of rotatable bonds is 3. The second-order valence-electron chi connectivity index (χ2n) is 2.47. The fourth-order valence-corrected chi connectivity index (χ4v) is 0.924. The Morgan fingerprint density at radius 2 is 1.54 bits per heavy atom. The number of aryl methyl sites for hydroxylation is 1. The van der Waals surface area contributed by atoms with Crippen LogP contribution >= 0.6 is 0 Å². The smallest absolute Gasteiger partial charge is 0.168 e. The van der Waals surface area contributed by atoms with Gasteiger partial charge in [0.1, 0.15) is 6.54 Å². The molecule has 13 heavy (non-hydrogen) atoms. The van der Waals surface area contributed by atoms with Gasteiger partial charge in [-0.25, -0.2) is 4.57 Å². The van der Waals surface area contributed by atoms with Gasteiger partial charge in [-0.3, -0.25) is 0 Å². The Labute approximate surface area is 79.4 Å². The van der Waals surface area contributed by atoms with Gasteiger partial charge in [-0.15, -0.1) is 0 Å². The van der Waals surface area contributed by atoms with E-state index in [1.54, 1.807) is 0 Å². The Balaban J connectivity index is -0.000000333. The van der Waals surface area contributed by atoms with E-state index in [0.717, 1.165) is 6.54 Å². The van der Waals surface area contributed by atoms with E-state index in [1.165, 1.54) is 12.8 Å². The van der Waals surface area contributed by atoms with Crippen LogP contribution in [0.4, 0.5) is 0 Å². The SMILES string of the molecule is CCCC[n+]1ccccc1.[NH4+].[OH-].[OH-]. The highest BCUT2D eigenvalue weighted by atomic mass is 16.0. The van der Waals surface area contributed by atoms with Crippen LogP contribution in [0.5, 0.6) is 0 Å². The lowest BCUT2D eigenvalue weighted by Gasteiger charge is -1.91. The van der Waals surface area contributed by atoms with E-state index in [0.29, 0.717) is 0 Å². The number of quaternary nitrogens is 1. The van der Waals surface area contributed by atoms with Crippen LogP contribution in [0.1, 0.15) is 19.8 Å². The summed E-state index contributed by atoms with van der Waals surface area (Å²) >= 11 is 0. The van der Waals surface area contributed by atoms with E-state index in [4.69, 9.17) is 0 Å². The first-order chi connectivity index (χ1) is 4.93. The first-order valence-corrected chi connectivity index (χ1v) is 3.87. The summed E-state index contributed by atoms with van der Waals surface area (Å²) in [5.74, 6) is 0. The molecule has 1 rings (SSSR count). The highest BCUT2D eigenvalue weighted by molar-refractivity contribution is 4.83. The normalized spacial score (nSPS) is 7.46. The number of aromatic nitrogens is 1. The maximum absolute atomic E-state index is 2.21. The van der Waals surface area contributed by atoms with Crippen molar-refractivity contribution >= 4 is 0 Å². The number of nitrogens with zero attached hydrogens (tertiary/aromatic N) is 1. The molecular weight excluding hydrogens is 168 g/mol. The fourth-order valence-electron chi connectivity index (χ4n) is 0.924. The number of hydrogen-bond acceptors (Lipinski definition) is 2. The molecule has 6 N–H and O–H groups in total. The predicted octanol–water partition coefficient (Wildman–Crippen LogP) is 1.80. The number of hydrogen-bond donors (Lipinski definition) is 1. The highest BCUT2D eigenvalue weighted by Crippen LogP contribution is 1.85. The lowest BCUT2D eigenvalue weighted by atomic mass is 10.3. The van der Waals surface area contributed by atoms with Crippen LogP contribution in [0.2, 0.25) is 0 Å². The standard InChI is InChI=1S/C9H14N.H3N.2H2O/c1-2-3-7-10-8-5-4-6-9-10;;;/h4-6,8-9H,2-3,7H2,1H3;1H3;2*1H2/q+1;;;/p-1. The topological polar surface area (TPSA) is 100 Å². The number of pyridine rings is 1. The second-order valence-corrected chi connectivity index (χ2v) is 2.47. The fraction of sp³-hybridized carbons (Fsp3) is 0.444. The van der Waals surface area contributed by atoms with Crippen molar-refractivity contribution in [1.82, 2.24) is 6.15 Å². The van der Waals surface area contributed by atoms with Crippen molar-refractivity contribution in [2.24, 2.45) is 0 Å². The summed E-state index contributed by atoms with van der Waals surface area (Å²) in [6.45, 7) is 3.36. The second kappa shape index (κ2) is 11.0. The first-order valence-electron chi connectivity index (χ1n) is 3.87. The molecule has 78 valence electrons. The molecule has 4 heteroatoms. The van der Waals surface area contributed by atoms with E-state index in [9.17, 15) is 0 Å². The molecule has 0 aliphatic carbocycles. The Morgan fingerprint density at radius 1 is 1.00 bits per heavy atom. The van der Waals surface area contributed by atoms with Crippen molar-refractivity contribution in [3.63, 3.8) is 0 Å². The summed E-state index contributed by atoms with van der Waals surface area (Å²) in [5, 5.41) is 0. The van der Waals surface area contributed by atoms with Crippen LogP contribution in [-0.2, 0) is 6.54 Å². The van der Waals surface area contributed by atoms with Crippen LogP contribution < -0.4 is 10.7 Å². The largest absolute Gasteiger partial charge is 0.870 e. The average Bonchev–Trinajstić information content (AvgIpc) is 2.03. The highest BCUT2D eigenvalue weighted by Gasteiger charge is 1.93. The molecule has 0 bridgehead atoms. The average molecular weight is 188 g/mol. The monoisotopic (exact) mass is 188 g/mol. The lowest BCUT2D eigenvalue weighted by molar-refractivity contribution is -0.697. The minimum atomic E-state index is 0. The quantitative estimate of drug-likeness (QED) is 0.731. The van der Waals surface area contributed by atoms with Gasteiger partial charge in [0, 0.05) is 18.6 Å². The molecule has 0 aromatic carbocycles. The molecule has 0 atom stereocenters. The molecular formula is C9H20N2O2. The molecule has 1 aromatic rings. The molecule has 1 aromatic heterocycles. The van der Waals surface area contributed by atoms with Crippen LogP contribution in [0.25, 0.3) is 0 Å². The Bertz CT molecular complexity index is 180. The Morgan fingerprint density at radius 3 is 2.00 bits per heavy atom. The summed E-state index contributed by atoms with van der Waals surface area (Å²) < 4.78 is 2.21. The summed E-state index contributed by atoms with van der Waals surface area (Å²) in [6, 6.07) is 6.17. The van der Waals surface area contributed by atoms with Gasteiger partial charge in [-0.2, -0.15) is 0 Å². The van der Waals surface area contributed by atoms with E-state index in [-0.39, 0.29) is 17.1 Å². The van der Waals surface area contributed by atoms with Gasteiger partial charge in [0.15, 0.2) is 12.4 Å². The summed E-state index contributed by atoms with van der Waals surface area (Å²) in [4.78, 5) is 0. The molecule has 4 nitrogen and oxygen atoms in total. The van der Waals surface area contributed by atoms with E-state index < -0.39 is 0 Å². The van der Waals surface area contributed by atoms with Gasteiger partial charge in [-0.05, 0) is 0 Å².